The zero-order valence-electron chi connectivity index (χ0n) is 11.4. The summed E-state index contributed by atoms with van der Waals surface area (Å²) in [4.78, 5) is 0. The molecule has 3 rings (SSSR count). The van der Waals surface area contributed by atoms with Crippen LogP contribution in [-0.2, 0) is 6.42 Å². The number of rotatable bonds is 2. The van der Waals surface area contributed by atoms with Gasteiger partial charge in [0.15, 0.2) is 0 Å². The van der Waals surface area contributed by atoms with E-state index in [1.54, 1.807) is 7.11 Å². The van der Waals surface area contributed by atoms with Crippen LogP contribution in [0.15, 0.2) is 42.5 Å². The number of hydrogen-bond donors (Lipinski definition) is 1. The summed E-state index contributed by atoms with van der Waals surface area (Å²) in [7, 11) is 1.74. The number of benzene rings is 2. The maximum absolute atomic E-state index is 5.50. The van der Waals surface area contributed by atoms with E-state index in [1.807, 2.05) is 0 Å². The van der Waals surface area contributed by atoms with Crippen molar-refractivity contribution in [3.8, 4) is 5.75 Å². The number of fused-ring (bicyclic) bond motifs is 1. The van der Waals surface area contributed by atoms with Gasteiger partial charge in [-0.05, 0) is 37.5 Å². The number of anilines is 1. The molecule has 1 atom stereocenters. The Morgan fingerprint density at radius 1 is 1.16 bits per heavy atom. The topological polar surface area (TPSA) is 21.3 Å². The minimum absolute atomic E-state index is 0.338. The Kier molecular flexibility index (Phi) is 3.16. The average molecular weight is 253 g/mol. The van der Waals surface area contributed by atoms with E-state index in [9.17, 15) is 0 Å². The van der Waals surface area contributed by atoms with Gasteiger partial charge in [0, 0.05) is 11.3 Å². The maximum atomic E-state index is 5.50. The van der Waals surface area contributed by atoms with Gasteiger partial charge in [-0.25, -0.2) is 0 Å². The lowest BCUT2D eigenvalue weighted by Gasteiger charge is -2.28. The maximum Gasteiger partial charge on any atom is 0.124 e. The van der Waals surface area contributed by atoms with Crippen molar-refractivity contribution < 1.29 is 4.74 Å². The second-order valence-corrected chi connectivity index (χ2v) is 5.14. The molecular formula is C17H19NO. The number of hydrogen-bond acceptors (Lipinski definition) is 2. The standard InChI is InChI=1S/C17H19NO/c1-12-7-10-17(19-2)14(11-12)16-9-8-13-5-3-4-6-15(13)18-16/h3-7,10-11,16,18H,8-9H2,1-2H3. The van der Waals surface area contributed by atoms with E-state index in [-0.39, 0.29) is 0 Å². The summed E-state index contributed by atoms with van der Waals surface area (Å²) < 4.78 is 5.50. The number of nitrogens with one attached hydrogen (secondary N) is 1. The van der Waals surface area contributed by atoms with E-state index in [2.05, 4.69) is 54.7 Å². The number of para-hydroxylation sites is 1. The third-order valence-corrected chi connectivity index (χ3v) is 3.81. The third kappa shape index (κ3) is 2.30. The Morgan fingerprint density at radius 2 is 2.00 bits per heavy atom. The van der Waals surface area contributed by atoms with E-state index in [4.69, 9.17) is 4.74 Å². The predicted octanol–water partition coefficient (Wildman–Crippen LogP) is 4.10. The lowest BCUT2D eigenvalue weighted by Crippen LogP contribution is -2.18. The Balaban J connectivity index is 1.95. The summed E-state index contributed by atoms with van der Waals surface area (Å²) in [6.07, 6.45) is 2.22. The van der Waals surface area contributed by atoms with E-state index < -0.39 is 0 Å². The minimum atomic E-state index is 0.338. The van der Waals surface area contributed by atoms with E-state index in [0.29, 0.717) is 6.04 Å². The first-order valence-corrected chi connectivity index (χ1v) is 6.77. The molecule has 1 heterocycles. The van der Waals surface area contributed by atoms with Gasteiger partial charge >= 0.3 is 0 Å². The van der Waals surface area contributed by atoms with Crippen LogP contribution in [-0.4, -0.2) is 7.11 Å². The molecule has 98 valence electrons. The molecule has 2 nitrogen and oxygen atoms in total. The molecule has 0 radical (unpaired) electrons. The van der Waals surface area contributed by atoms with Gasteiger partial charge in [0.1, 0.15) is 5.75 Å². The van der Waals surface area contributed by atoms with Gasteiger partial charge in [-0.15, -0.1) is 0 Å². The van der Waals surface area contributed by atoms with Crippen LogP contribution in [0, 0.1) is 6.92 Å². The molecule has 0 saturated carbocycles. The zero-order chi connectivity index (χ0) is 13.2. The average Bonchev–Trinajstić information content (AvgIpc) is 2.46. The first kappa shape index (κ1) is 12.1. The first-order chi connectivity index (χ1) is 9.28. The fourth-order valence-electron chi connectivity index (χ4n) is 2.80. The van der Waals surface area contributed by atoms with Crippen LogP contribution in [0.2, 0.25) is 0 Å². The summed E-state index contributed by atoms with van der Waals surface area (Å²) in [6, 6.07) is 15.3. The third-order valence-electron chi connectivity index (χ3n) is 3.81. The van der Waals surface area contributed by atoms with Crippen molar-refractivity contribution in [2.75, 3.05) is 12.4 Å². The summed E-state index contributed by atoms with van der Waals surface area (Å²) in [5, 5.41) is 3.64. The molecule has 1 aliphatic rings. The van der Waals surface area contributed by atoms with Crippen molar-refractivity contribution in [2.24, 2.45) is 0 Å². The molecule has 0 fully saturated rings. The summed E-state index contributed by atoms with van der Waals surface area (Å²) in [5.41, 5.74) is 5.20. The van der Waals surface area contributed by atoms with E-state index >= 15 is 0 Å². The molecule has 2 aromatic rings. The Hall–Kier alpha value is -1.96. The number of ether oxygens (including phenoxy) is 1. The van der Waals surface area contributed by atoms with Crippen LogP contribution >= 0.6 is 0 Å². The van der Waals surface area contributed by atoms with Gasteiger partial charge in [0.2, 0.25) is 0 Å². The Bertz CT molecular complexity index is 592. The molecule has 0 saturated heterocycles. The van der Waals surface area contributed by atoms with Crippen molar-refractivity contribution in [3.05, 3.63) is 59.2 Å². The molecule has 0 aromatic heterocycles. The number of methoxy groups -OCH3 is 1. The molecule has 1 N–H and O–H groups in total. The SMILES string of the molecule is COc1ccc(C)cc1C1CCc2ccccc2N1. The van der Waals surface area contributed by atoms with Gasteiger partial charge < -0.3 is 10.1 Å². The first-order valence-electron chi connectivity index (χ1n) is 6.77. The lowest BCUT2D eigenvalue weighted by atomic mass is 9.92. The molecule has 2 heteroatoms. The van der Waals surface area contributed by atoms with Crippen LogP contribution in [0.25, 0.3) is 0 Å². The highest BCUT2D eigenvalue weighted by Gasteiger charge is 2.21. The van der Waals surface area contributed by atoms with Gasteiger partial charge in [0.25, 0.3) is 0 Å². The van der Waals surface area contributed by atoms with Crippen molar-refractivity contribution in [1.82, 2.24) is 0 Å². The fraction of sp³-hybridized carbons (Fsp3) is 0.294. The Labute approximate surface area is 114 Å². The van der Waals surface area contributed by atoms with Crippen molar-refractivity contribution in [1.29, 1.82) is 0 Å². The van der Waals surface area contributed by atoms with Crippen LogP contribution in [0.3, 0.4) is 0 Å². The van der Waals surface area contributed by atoms with Crippen molar-refractivity contribution in [3.63, 3.8) is 0 Å². The van der Waals surface area contributed by atoms with E-state index in [0.717, 1.165) is 18.6 Å². The molecule has 0 amide bonds. The molecule has 1 unspecified atom stereocenters. The number of aryl methyl sites for hydroxylation is 2. The van der Waals surface area contributed by atoms with Crippen LogP contribution in [0.5, 0.6) is 5.75 Å². The second kappa shape index (κ2) is 4.96. The normalized spacial score (nSPS) is 17.5. The molecule has 2 aromatic carbocycles. The van der Waals surface area contributed by atoms with Crippen molar-refractivity contribution in [2.45, 2.75) is 25.8 Å². The smallest absolute Gasteiger partial charge is 0.124 e. The Morgan fingerprint density at radius 3 is 2.84 bits per heavy atom. The predicted molar refractivity (Wildman–Crippen MR) is 78.9 cm³/mol. The largest absolute Gasteiger partial charge is 0.496 e. The molecule has 0 aliphatic carbocycles. The summed E-state index contributed by atoms with van der Waals surface area (Å²) in [6.45, 7) is 2.12. The zero-order valence-corrected chi connectivity index (χ0v) is 11.4. The molecular weight excluding hydrogens is 234 g/mol. The molecule has 0 bridgehead atoms. The van der Waals surface area contributed by atoms with Gasteiger partial charge in [-0.2, -0.15) is 0 Å². The summed E-state index contributed by atoms with van der Waals surface area (Å²) >= 11 is 0. The second-order valence-electron chi connectivity index (χ2n) is 5.14. The van der Waals surface area contributed by atoms with E-state index in [1.165, 1.54) is 22.4 Å². The fourth-order valence-corrected chi connectivity index (χ4v) is 2.80. The highest BCUT2D eigenvalue weighted by molar-refractivity contribution is 5.56. The molecule has 1 aliphatic heterocycles. The van der Waals surface area contributed by atoms with Crippen LogP contribution in [0.1, 0.15) is 29.2 Å². The van der Waals surface area contributed by atoms with Crippen LogP contribution in [0.4, 0.5) is 5.69 Å². The van der Waals surface area contributed by atoms with Gasteiger partial charge in [-0.1, -0.05) is 35.9 Å². The highest BCUT2D eigenvalue weighted by Crippen LogP contribution is 2.36. The quantitative estimate of drug-likeness (QED) is 0.870. The highest BCUT2D eigenvalue weighted by atomic mass is 16.5. The minimum Gasteiger partial charge on any atom is -0.496 e. The monoisotopic (exact) mass is 253 g/mol. The molecule has 19 heavy (non-hydrogen) atoms. The molecule has 0 spiro atoms. The summed E-state index contributed by atoms with van der Waals surface area (Å²) in [5.74, 6) is 0.975. The van der Waals surface area contributed by atoms with Gasteiger partial charge in [0.05, 0.1) is 13.2 Å². The lowest BCUT2D eigenvalue weighted by molar-refractivity contribution is 0.405. The van der Waals surface area contributed by atoms with Crippen LogP contribution < -0.4 is 10.1 Å². The van der Waals surface area contributed by atoms with Crippen molar-refractivity contribution >= 4 is 5.69 Å². The van der Waals surface area contributed by atoms with Gasteiger partial charge in [-0.3, -0.25) is 0 Å².